The van der Waals surface area contributed by atoms with Crippen molar-refractivity contribution >= 4 is 11.9 Å². The van der Waals surface area contributed by atoms with E-state index in [4.69, 9.17) is 9.47 Å². The Labute approximate surface area is 131 Å². The molecule has 1 aliphatic rings. The number of fused-ring (bicyclic) bond motifs is 1. The Kier molecular flexibility index (Phi) is 4.07. The molecule has 0 saturated heterocycles. The molecule has 0 bridgehead atoms. The summed E-state index contributed by atoms with van der Waals surface area (Å²) in [4.78, 5) is 23.2. The van der Waals surface area contributed by atoms with Gasteiger partial charge in [-0.05, 0) is 29.0 Å². The van der Waals surface area contributed by atoms with Gasteiger partial charge in [0.15, 0.2) is 0 Å². The van der Waals surface area contributed by atoms with Crippen molar-refractivity contribution in [3.8, 4) is 0 Å². The number of benzene rings is 1. The van der Waals surface area contributed by atoms with Gasteiger partial charge in [-0.15, -0.1) is 0 Å². The predicted molar refractivity (Wildman–Crippen MR) is 83.2 cm³/mol. The molecule has 120 valence electrons. The zero-order valence-corrected chi connectivity index (χ0v) is 14.1. The maximum atomic E-state index is 11.6. The monoisotopic (exact) mass is 304 g/mol. The van der Waals surface area contributed by atoms with Crippen molar-refractivity contribution in [1.82, 2.24) is 0 Å². The van der Waals surface area contributed by atoms with E-state index in [0.29, 0.717) is 6.42 Å². The summed E-state index contributed by atoms with van der Waals surface area (Å²) in [5.41, 5.74) is 2.92. The van der Waals surface area contributed by atoms with Gasteiger partial charge in [0.1, 0.15) is 0 Å². The molecule has 1 aromatic rings. The Balaban J connectivity index is 2.61. The third-order valence-corrected chi connectivity index (χ3v) is 4.12. The minimum Gasteiger partial charge on any atom is -0.418 e. The highest BCUT2D eigenvalue weighted by atomic mass is 16.7. The molecule has 1 aliphatic carbocycles. The number of carbonyl (C=O) groups is 2. The molecule has 0 aliphatic heterocycles. The SMILES string of the molecule is CC(=O)OC1(OC(C)=O)c2cc(C(C)(C)C)ccc2CC1C. The van der Waals surface area contributed by atoms with E-state index in [2.05, 4.69) is 26.8 Å². The van der Waals surface area contributed by atoms with E-state index in [-0.39, 0.29) is 11.3 Å². The second-order valence-corrected chi connectivity index (χ2v) is 7.08. The van der Waals surface area contributed by atoms with E-state index in [0.717, 1.165) is 16.7 Å². The summed E-state index contributed by atoms with van der Waals surface area (Å²) in [6.07, 6.45) is 0.709. The van der Waals surface area contributed by atoms with Crippen LogP contribution in [-0.4, -0.2) is 11.9 Å². The fourth-order valence-corrected chi connectivity index (χ4v) is 3.03. The Morgan fingerprint density at radius 3 is 2.14 bits per heavy atom. The average molecular weight is 304 g/mol. The largest absolute Gasteiger partial charge is 0.418 e. The fraction of sp³-hybridized carbons (Fsp3) is 0.556. The highest BCUT2D eigenvalue weighted by Gasteiger charge is 2.51. The van der Waals surface area contributed by atoms with Crippen molar-refractivity contribution in [3.05, 3.63) is 34.9 Å². The van der Waals surface area contributed by atoms with Crippen LogP contribution in [0.15, 0.2) is 18.2 Å². The van der Waals surface area contributed by atoms with Gasteiger partial charge in [-0.25, -0.2) is 0 Å². The lowest BCUT2D eigenvalue weighted by molar-refractivity contribution is -0.246. The summed E-state index contributed by atoms with van der Waals surface area (Å²) in [6.45, 7) is 11.0. The third-order valence-electron chi connectivity index (χ3n) is 4.12. The molecular weight excluding hydrogens is 280 g/mol. The minimum atomic E-state index is -1.31. The second-order valence-electron chi connectivity index (χ2n) is 7.08. The van der Waals surface area contributed by atoms with Gasteiger partial charge in [-0.2, -0.15) is 0 Å². The zero-order valence-electron chi connectivity index (χ0n) is 14.1. The van der Waals surface area contributed by atoms with Crippen LogP contribution in [0.2, 0.25) is 0 Å². The van der Waals surface area contributed by atoms with Gasteiger partial charge < -0.3 is 9.47 Å². The topological polar surface area (TPSA) is 52.6 Å². The number of hydrogen-bond acceptors (Lipinski definition) is 4. The summed E-state index contributed by atoms with van der Waals surface area (Å²) in [7, 11) is 0. The Morgan fingerprint density at radius 1 is 1.14 bits per heavy atom. The second kappa shape index (κ2) is 5.41. The number of carbonyl (C=O) groups excluding carboxylic acids is 2. The van der Waals surface area contributed by atoms with Crippen LogP contribution in [-0.2, 0) is 36.7 Å². The van der Waals surface area contributed by atoms with E-state index in [1.54, 1.807) is 0 Å². The summed E-state index contributed by atoms with van der Waals surface area (Å²) in [5.74, 6) is -2.34. The van der Waals surface area contributed by atoms with Crippen LogP contribution in [0.3, 0.4) is 0 Å². The molecule has 0 aromatic heterocycles. The molecule has 4 nitrogen and oxygen atoms in total. The number of ether oxygens (including phenoxy) is 2. The molecule has 1 unspecified atom stereocenters. The van der Waals surface area contributed by atoms with Crippen LogP contribution in [0.25, 0.3) is 0 Å². The molecule has 0 fully saturated rings. The maximum absolute atomic E-state index is 11.6. The summed E-state index contributed by atoms with van der Waals surface area (Å²) in [6, 6.07) is 6.13. The lowest BCUT2D eigenvalue weighted by Gasteiger charge is -2.33. The van der Waals surface area contributed by atoms with E-state index in [9.17, 15) is 9.59 Å². The third kappa shape index (κ3) is 2.87. The molecular formula is C18H24O4. The number of rotatable bonds is 2. The highest BCUT2D eigenvalue weighted by molar-refractivity contribution is 5.70. The van der Waals surface area contributed by atoms with Crippen molar-refractivity contribution in [3.63, 3.8) is 0 Å². The smallest absolute Gasteiger partial charge is 0.306 e. The number of esters is 2. The van der Waals surface area contributed by atoms with Crippen LogP contribution in [0.5, 0.6) is 0 Å². The van der Waals surface area contributed by atoms with Gasteiger partial charge in [0, 0.05) is 25.3 Å². The van der Waals surface area contributed by atoms with Gasteiger partial charge in [-0.3, -0.25) is 9.59 Å². The van der Waals surface area contributed by atoms with Gasteiger partial charge >= 0.3 is 11.9 Å². The molecule has 0 spiro atoms. The van der Waals surface area contributed by atoms with Crippen LogP contribution in [0.1, 0.15) is 58.2 Å². The normalized spacial score (nSPS) is 19.5. The minimum absolute atomic E-state index is 0.0426. The molecule has 0 N–H and O–H groups in total. The van der Waals surface area contributed by atoms with E-state index in [1.807, 2.05) is 19.1 Å². The van der Waals surface area contributed by atoms with Crippen molar-refractivity contribution < 1.29 is 19.1 Å². The Morgan fingerprint density at radius 2 is 1.68 bits per heavy atom. The predicted octanol–water partition coefficient (Wildman–Crippen LogP) is 3.46. The first-order valence-corrected chi connectivity index (χ1v) is 7.59. The zero-order chi connectivity index (χ0) is 16.7. The molecule has 0 amide bonds. The van der Waals surface area contributed by atoms with E-state index in [1.165, 1.54) is 13.8 Å². The molecule has 0 heterocycles. The van der Waals surface area contributed by atoms with Crippen molar-refractivity contribution in [2.45, 2.75) is 59.2 Å². The van der Waals surface area contributed by atoms with E-state index < -0.39 is 17.7 Å². The first-order chi connectivity index (χ1) is 10.1. The molecule has 0 radical (unpaired) electrons. The van der Waals surface area contributed by atoms with Gasteiger partial charge in [0.2, 0.25) is 0 Å². The van der Waals surface area contributed by atoms with Crippen molar-refractivity contribution in [1.29, 1.82) is 0 Å². The van der Waals surface area contributed by atoms with Crippen LogP contribution in [0.4, 0.5) is 0 Å². The molecule has 2 rings (SSSR count). The molecule has 4 heteroatoms. The van der Waals surface area contributed by atoms with Crippen LogP contribution < -0.4 is 0 Å². The molecule has 0 saturated carbocycles. The molecule has 1 atom stereocenters. The first-order valence-electron chi connectivity index (χ1n) is 7.59. The first kappa shape index (κ1) is 16.5. The lowest BCUT2D eigenvalue weighted by atomic mass is 9.85. The highest BCUT2D eigenvalue weighted by Crippen LogP contribution is 2.46. The van der Waals surface area contributed by atoms with Gasteiger partial charge in [0.25, 0.3) is 5.79 Å². The lowest BCUT2D eigenvalue weighted by Crippen LogP contribution is -2.39. The Hall–Kier alpha value is -1.84. The quantitative estimate of drug-likeness (QED) is 0.620. The van der Waals surface area contributed by atoms with Crippen LogP contribution in [0, 0.1) is 5.92 Å². The van der Waals surface area contributed by atoms with Crippen LogP contribution >= 0.6 is 0 Å². The summed E-state index contributed by atoms with van der Waals surface area (Å²) < 4.78 is 11.1. The Bertz CT molecular complexity index is 594. The van der Waals surface area contributed by atoms with Gasteiger partial charge in [0.05, 0.1) is 0 Å². The standard InChI is InChI=1S/C18H24O4/c1-11-9-14-7-8-15(17(4,5)6)10-16(14)18(11,21-12(2)19)22-13(3)20/h7-8,10-11H,9H2,1-6H3. The molecule has 22 heavy (non-hydrogen) atoms. The number of hydrogen-bond donors (Lipinski definition) is 0. The fourth-order valence-electron chi connectivity index (χ4n) is 3.03. The average Bonchev–Trinajstić information content (AvgIpc) is 2.59. The maximum Gasteiger partial charge on any atom is 0.306 e. The van der Waals surface area contributed by atoms with E-state index >= 15 is 0 Å². The van der Waals surface area contributed by atoms with Crippen molar-refractivity contribution in [2.24, 2.45) is 5.92 Å². The van der Waals surface area contributed by atoms with Gasteiger partial charge in [-0.1, -0.05) is 39.8 Å². The summed E-state index contributed by atoms with van der Waals surface area (Å²) in [5, 5.41) is 0. The molecule has 1 aromatic carbocycles. The summed E-state index contributed by atoms with van der Waals surface area (Å²) >= 11 is 0. The van der Waals surface area contributed by atoms with Crippen molar-refractivity contribution in [2.75, 3.05) is 0 Å².